The molecule has 0 aliphatic carbocycles. The van der Waals surface area contributed by atoms with Gasteiger partial charge in [-0.1, -0.05) is 69.3 Å². The molecule has 2 aromatic heterocycles. The number of nitrogens with two attached hydrogens (primary N) is 1. The molecule has 0 saturated carbocycles. The topological polar surface area (TPSA) is 198 Å². The third-order valence-electron chi connectivity index (χ3n) is 10.6. The summed E-state index contributed by atoms with van der Waals surface area (Å²) in [4.78, 5) is 67.5. The highest BCUT2D eigenvalue weighted by atomic mass is 16.5. The molecule has 5 N–H and O–H groups in total. The average molecular weight is 771 g/mol. The van der Waals surface area contributed by atoms with E-state index in [1.807, 2.05) is 43.0 Å². The Morgan fingerprint density at radius 2 is 1.34 bits per heavy atom. The fraction of sp³-hybridized carbons (Fsp3) is 0.463. The Balaban J connectivity index is 0.00000194. The number of hydrogen-bond acceptors (Lipinski definition) is 9. The van der Waals surface area contributed by atoms with Crippen molar-refractivity contribution in [3.8, 4) is 33.6 Å². The average Bonchev–Trinajstić information content (AvgIpc) is 4.04. The molecular formula is C41H54N8O7. The van der Waals surface area contributed by atoms with E-state index in [2.05, 4.69) is 81.5 Å². The Kier molecular flexibility index (Phi) is 14.0. The van der Waals surface area contributed by atoms with Crippen LogP contribution in [0, 0.1) is 11.8 Å². The van der Waals surface area contributed by atoms with Crippen LogP contribution in [0.3, 0.4) is 0 Å². The summed E-state index contributed by atoms with van der Waals surface area (Å²) >= 11 is 0. The quantitative estimate of drug-likeness (QED) is 0.139. The number of amides is 4. The van der Waals surface area contributed by atoms with E-state index < -0.39 is 18.2 Å². The molecule has 2 aliphatic rings. The van der Waals surface area contributed by atoms with E-state index in [9.17, 15) is 14.4 Å². The molecule has 56 heavy (non-hydrogen) atoms. The first kappa shape index (κ1) is 41.6. The van der Waals surface area contributed by atoms with Gasteiger partial charge in [-0.05, 0) is 60.3 Å². The summed E-state index contributed by atoms with van der Waals surface area (Å²) in [5.74, 6) is 1.51. The largest absolute Gasteiger partial charge is 0.453 e. The van der Waals surface area contributed by atoms with Gasteiger partial charge in [0.25, 0.3) is 5.91 Å². The number of methoxy groups -OCH3 is 3. The van der Waals surface area contributed by atoms with Crippen LogP contribution in [-0.4, -0.2) is 107 Å². The molecular weight excluding hydrogens is 716 g/mol. The number of benzene rings is 2. The van der Waals surface area contributed by atoms with Crippen molar-refractivity contribution in [2.75, 3.05) is 34.4 Å². The number of H-pyrrole nitrogens is 2. The highest BCUT2D eigenvalue weighted by molar-refractivity contribution is 5.86. The van der Waals surface area contributed by atoms with E-state index >= 15 is 0 Å². The molecule has 15 heteroatoms. The number of alkyl carbamates (subject to hydrolysis) is 1. The maximum absolute atomic E-state index is 13.5. The number of nitrogens with one attached hydrogen (secondary N) is 3. The van der Waals surface area contributed by atoms with E-state index in [4.69, 9.17) is 24.0 Å². The summed E-state index contributed by atoms with van der Waals surface area (Å²) in [7, 11) is 4.42. The van der Waals surface area contributed by atoms with Gasteiger partial charge in [-0.3, -0.25) is 14.4 Å². The van der Waals surface area contributed by atoms with Crippen LogP contribution >= 0.6 is 0 Å². The third kappa shape index (κ3) is 9.28. The lowest BCUT2D eigenvalue weighted by Crippen LogP contribution is -2.51. The molecule has 0 bridgehead atoms. The van der Waals surface area contributed by atoms with Crippen LogP contribution in [0.4, 0.5) is 4.79 Å². The van der Waals surface area contributed by atoms with Gasteiger partial charge in [0.2, 0.25) is 12.3 Å². The van der Waals surface area contributed by atoms with Gasteiger partial charge in [0.05, 0.1) is 49.1 Å². The molecule has 4 unspecified atom stereocenters. The zero-order chi connectivity index (χ0) is 40.5. The fourth-order valence-corrected chi connectivity index (χ4v) is 7.51. The smallest absolute Gasteiger partial charge is 0.407 e. The van der Waals surface area contributed by atoms with Gasteiger partial charge in [0.15, 0.2) is 6.10 Å². The highest BCUT2D eigenvalue weighted by Crippen LogP contribution is 2.37. The Morgan fingerprint density at radius 1 is 0.821 bits per heavy atom. The Hall–Kier alpha value is -5.54. The maximum atomic E-state index is 13.5. The number of rotatable bonds is 12. The normalized spacial score (nSPS) is 19.5. The fourth-order valence-electron chi connectivity index (χ4n) is 7.51. The SMILES string of the molecule is COC(=O)NC(C(=O)N1CCC[C@H]1c1ncc(-c2ccc(-c3ccc(-c4cnc(C5CC(C)CN5C(=O)C(OC)[C@@H](C)OC)[nH]4)cc3)cc2)[nH]1)C(C)C.NC=O. The van der Waals surface area contributed by atoms with E-state index in [1.54, 1.807) is 14.2 Å². The molecule has 6 atom stereocenters. The second-order valence-electron chi connectivity index (χ2n) is 14.6. The molecule has 0 spiro atoms. The van der Waals surface area contributed by atoms with Crippen LogP contribution in [0.1, 0.15) is 70.7 Å². The number of nitrogens with zero attached hydrogens (tertiary/aromatic N) is 4. The Labute approximate surface area is 327 Å². The van der Waals surface area contributed by atoms with Crippen molar-refractivity contribution in [3.63, 3.8) is 0 Å². The molecule has 4 heterocycles. The number of hydrogen-bond donors (Lipinski definition) is 4. The molecule has 6 rings (SSSR count). The maximum Gasteiger partial charge on any atom is 0.407 e. The first-order valence-corrected chi connectivity index (χ1v) is 18.9. The van der Waals surface area contributed by atoms with Crippen molar-refractivity contribution in [2.24, 2.45) is 17.6 Å². The van der Waals surface area contributed by atoms with Gasteiger partial charge in [-0.2, -0.15) is 0 Å². The van der Waals surface area contributed by atoms with Gasteiger partial charge in [-0.15, -0.1) is 0 Å². The minimum atomic E-state index is -0.681. The number of primary amides is 1. The number of likely N-dealkylation sites (tertiary alicyclic amines) is 2. The molecule has 2 fully saturated rings. The number of carbonyl (C=O) groups excluding carboxylic acids is 4. The predicted octanol–water partition coefficient (Wildman–Crippen LogP) is 5.24. The second kappa shape index (κ2) is 18.9. The molecule has 2 aromatic carbocycles. The summed E-state index contributed by atoms with van der Waals surface area (Å²) in [6, 6.07) is 15.6. The standard InChI is InChI=1S/C40H51N7O6.CH3NO/c1-23(2)34(45-40(50)53-7)38(48)46-18-8-9-32(46)36-41-20-30(43-36)28-14-10-26(11-15-28)27-12-16-29(17-13-27)31-21-42-37(44-31)33-19-24(3)22-47(33)39(49)35(52-6)25(4)51-5;2-1-3/h10-17,20-21,23-25,32-35H,8-9,18-19,22H2,1-7H3,(H,41,43)(H,42,44)(H,45,50);1H,(H2,2,3)/t24?,25-,32+,33?,34?,35?;/m1./s1. The van der Waals surface area contributed by atoms with E-state index in [0.29, 0.717) is 19.0 Å². The molecule has 4 amide bonds. The minimum Gasteiger partial charge on any atom is -0.453 e. The number of imidazole rings is 2. The van der Waals surface area contributed by atoms with Crippen molar-refractivity contribution in [2.45, 2.75) is 77.3 Å². The molecule has 2 aliphatic heterocycles. The molecule has 2 saturated heterocycles. The zero-order valence-corrected chi connectivity index (χ0v) is 33.2. The summed E-state index contributed by atoms with van der Waals surface area (Å²) in [6.45, 7) is 9.04. The van der Waals surface area contributed by atoms with Crippen LogP contribution in [0.15, 0.2) is 60.9 Å². The number of aromatic amines is 2. The van der Waals surface area contributed by atoms with Crippen LogP contribution in [0.5, 0.6) is 0 Å². The summed E-state index contributed by atoms with van der Waals surface area (Å²) in [5, 5.41) is 2.70. The predicted molar refractivity (Wildman–Crippen MR) is 211 cm³/mol. The van der Waals surface area contributed by atoms with Gasteiger partial charge >= 0.3 is 6.09 Å². The number of carbonyl (C=O) groups is 4. The summed E-state index contributed by atoms with van der Waals surface area (Å²) < 4.78 is 15.7. The lowest BCUT2D eigenvalue weighted by atomic mass is 10.0. The number of ether oxygens (including phenoxy) is 3. The lowest BCUT2D eigenvalue weighted by Gasteiger charge is -2.30. The van der Waals surface area contributed by atoms with Gasteiger partial charge < -0.3 is 45.0 Å². The van der Waals surface area contributed by atoms with E-state index in [0.717, 1.165) is 64.6 Å². The molecule has 300 valence electrons. The summed E-state index contributed by atoms with van der Waals surface area (Å²) in [5.41, 5.74) is 10.1. The van der Waals surface area contributed by atoms with Gasteiger partial charge in [-0.25, -0.2) is 14.8 Å². The molecule has 15 nitrogen and oxygen atoms in total. The van der Waals surface area contributed by atoms with Gasteiger partial charge in [0.1, 0.15) is 17.7 Å². The van der Waals surface area contributed by atoms with Crippen molar-refractivity contribution in [1.29, 1.82) is 0 Å². The lowest BCUT2D eigenvalue weighted by molar-refractivity contribution is -0.151. The van der Waals surface area contributed by atoms with Crippen LogP contribution in [0.2, 0.25) is 0 Å². The monoisotopic (exact) mass is 770 g/mol. The van der Waals surface area contributed by atoms with Crippen molar-refractivity contribution in [1.82, 2.24) is 35.1 Å². The van der Waals surface area contributed by atoms with Crippen LogP contribution in [-0.2, 0) is 28.6 Å². The highest BCUT2D eigenvalue weighted by Gasteiger charge is 2.41. The Morgan fingerprint density at radius 3 is 1.82 bits per heavy atom. The first-order chi connectivity index (χ1) is 26.9. The third-order valence-corrected chi connectivity index (χ3v) is 10.6. The second-order valence-corrected chi connectivity index (χ2v) is 14.6. The molecule has 0 radical (unpaired) electrons. The van der Waals surface area contributed by atoms with Crippen molar-refractivity contribution < 1.29 is 33.4 Å². The number of aromatic nitrogens is 4. The van der Waals surface area contributed by atoms with Crippen LogP contribution < -0.4 is 11.1 Å². The van der Waals surface area contributed by atoms with E-state index in [-0.39, 0.29) is 42.3 Å². The van der Waals surface area contributed by atoms with Crippen molar-refractivity contribution in [3.05, 3.63) is 72.6 Å². The Bertz CT molecular complexity index is 1930. The zero-order valence-electron chi connectivity index (χ0n) is 33.2. The minimum absolute atomic E-state index is 0.0870. The summed E-state index contributed by atoms with van der Waals surface area (Å²) in [6.07, 6.45) is 4.69. The van der Waals surface area contributed by atoms with E-state index in [1.165, 1.54) is 7.11 Å². The van der Waals surface area contributed by atoms with Crippen molar-refractivity contribution >= 4 is 24.3 Å². The van der Waals surface area contributed by atoms with Gasteiger partial charge in [0, 0.05) is 27.3 Å². The van der Waals surface area contributed by atoms with Crippen LogP contribution in [0.25, 0.3) is 33.6 Å². The molecule has 4 aromatic rings. The first-order valence-electron chi connectivity index (χ1n) is 18.9.